The van der Waals surface area contributed by atoms with Crippen LogP contribution in [0, 0.1) is 0 Å². The Morgan fingerprint density at radius 1 is 1.14 bits per heavy atom. The number of morpholine rings is 1. The fraction of sp³-hybridized carbons (Fsp3) is 0.286. The quantitative estimate of drug-likeness (QED) is 0.687. The number of nitrogens with one attached hydrogen (secondary N) is 1. The van der Waals surface area contributed by atoms with Gasteiger partial charge in [-0.15, -0.1) is 0 Å². The van der Waals surface area contributed by atoms with Gasteiger partial charge >= 0.3 is 5.97 Å². The molecule has 1 aliphatic heterocycles. The second-order valence-electron chi connectivity index (χ2n) is 6.96. The standard InChI is InChI=1S/C21H22N4O4/c1-24-18-6-5-15(12-17(18)23-21(24)25-7-9-29-10-8-25)19(26)22-13-14-3-2-4-16(11-14)20(27)28/h2-6,11-12H,7-10,13H2,1H3,(H,22,26)(H,27,28). The van der Waals surface area contributed by atoms with Crippen LogP contribution in [0.25, 0.3) is 11.0 Å². The van der Waals surface area contributed by atoms with Crippen LogP contribution in [0.1, 0.15) is 26.3 Å². The molecule has 1 aromatic heterocycles. The van der Waals surface area contributed by atoms with Gasteiger partial charge in [-0.2, -0.15) is 0 Å². The van der Waals surface area contributed by atoms with Gasteiger partial charge in [0.1, 0.15) is 0 Å². The van der Waals surface area contributed by atoms with Gasteiger partial charge in [-0.05, 0) is 35.9 Å². The summed E-state index contributed by atoms with van der Waals surface area (Å²) in [7, 11) is 1.97. The molecule has 2 aromatic carbocycles. The Morgan fingerprint density at radius 3 is 2.69 bits per heavy atom. The molecule has 4 rings (SSSR count). The summed E-state index contributed by atoms with van der Waals surface area (Å²) in [6.45, 7) is 3.19. The molecule has 8 heteroatoms. The Hall–Kier alpha value is -3.39. The molecule has 2 N–H and O–H groups in total. The lowest BCUT2D eigenvalue weighted by atomic mass is 10.1. The van der Waals surface area contributed by atoms with Crippen molar-refractivity contribution in [1.29, 1.82) is 0 Å². The van der Waals surface area contributed by atoms with E-state index in [-0.39, 0.29) is 18.0 Å². The molecular formula is C21H22N4O4. The topological polar surface area (TPSA) is 96.7 Å². The molecule has 0 spiro atoms. The van der Waals surface area contributed by atoms with Crippen LogP contribution >= 0.6 is 0 Å². The first-order valence-electron chi connectivity index (χ1n) is 9.42. The molecule has 0 unspecified atom stereocenters. The summed E-state index contributed by atoms with van der Waals surface area (Å²) in [5, 5.41) is 11.9. The maximum Gasteiger partial charge on any atom is 0.335 e. The number of ether oxygens (including phenoxy) is 1. The molecule has 2 heterocycles. The van der Waals surface area contributed by atoms with Crippen molar-refractivity contribution < 1.29 is 19.4 Å². The van der Waals surface area contributed by atoms with Crippen LogP contribution in [0.5, 0.6) is 0 Å². The maximum absolute atomic E-state index is 12.6. The summed E-state index contributed by atoms with van der Waals surface area (Å²) in [6.07, 6.45) is 0. The number of hydrogen-bond donors (Lipinski definition) is 2. The number of aromatic carboxylic acids is 1. The summed E-state index contributed by atoms with van der Waals surface area (Å²) >= 11 is 0. The SMILES string of the molecule is Cn1c(N2CCOCC2)nc2cc(C(=O)NCc3cccc(C(=O)O)c3)ccc21. The molecule has 150 valence electrons. The first-order valence-corrected chi connectivity index (χ1v) is 9.42. The highest BCUT2D eigenvalue weighted by atomic mass is 16.5. The molecule has 29 heavy (non-hydrogen) atoms. The monoisotopic (exact) mass is 394 g/mol. The van der Waals surface area contributed by atoms with Crippen molar-refractivity contribution >= 4 is 28.9 Å². The van der Waals surface area contributed by atoms with Crippen LogP contribution in [0.15, 0.2) is 42.5 Å². The van der Waals surface area contributed by atoms with Crippen molar-refractivity contribution in [2.45, 2.75) is 6.54 Å². The van der Waals surface area contributed by atoms with E-state index in [1.54, 1.807) is 30.3 Å². The highest BCUT2D eigenvalue weighted by molar-refractivity contribution is 5.97. The van der Waals surface area contributed by atoms with Crippen molar-refractivity contribution in [1.82, 2.24) is 14.9 Å². The number of rotatable bonds is 5. The Balaban J connectivity index is 1.50. The van der Waals surface area contributed by atoms with Crippen molar-refractivity contribution in [2.24, 2.45) is 7.05 Å². The van der Waals surface area contributed by atoms with E-state index < -0.39 is 5.97 Å². The minimum absolute atomic E-state index is 0.197. The smallest absolute Gasteiger partial charge is 0.335 e. The molecule has 0 saturated carbocycles. The second-order valence-corrected chi connectivity index (χ2v) is 6.96. The van der Waals surface area contributed by atoms with Gasteiger partial charge in [-0.25, -0.2) is 9.78 Å². The molecular weight excluding hydrogens is 372 g/mol. The lowest BCUT2D eigenvalue weighted by molar-refractivity contribution is 0.0696. The number of anilines is 1. The van der Waals surface area contributed by atoms with E-state index in [1.165, 1.54) is 6.07 Å². The minimum atomic E-state index is -0.991. The number of aromatic nitrogens is 2. The largest absolute Gasteiger partial charge is 0.478 e. The molecule has 3 aromatic rings. The zero-order valence-corrected chi connectivity index (χ0v) is 16.1. The lowest BCUT2D eigenvalue weighted by Gasteiger charge is -2.27. The molecule has 1 saturated heterocycles. The second kappa shape index (κ2) is 7.92. The highest BCUT2D eigenvalue weighted by Gasteiger charge is 2.18. The number of benzene rings is 2. The first-order chi connectivity index (χ1) is 14.0. The Kier molecular flexibility index (Phi) is 5.18. The van der Waals surface area contributed by atoms with Crippen LogP contribution in [0.3, 0.4) is 0 Å². The third-order valence-electron chi connectivity index (χ3n) is 5.04. The van der Waals surface area contributed by atoms with E-state index in [0.29, 0.717) is 18.8 Å². The number of carboxylic acids is 1. The predicted molar refractivity (Wildman–Crippen MR) is 108 cm³/mol. The lowest BCUT2D eigenvalue weighted by Crippen LogP contribution is -2.37. The van der Waals surface area contributed by atoms with E-state index in [0.717, 1.165) is 35.6 Å². The van der Waals surface area contributed by atoms with Gasteiger partial charge in [0.2, 0.25) is 5.95 Å². The van der Waals surface area contributed by atoms with Crippen LogP contribution in [-0.4, -0.2) is 52.8 Å². The van der Waals surface area contributed by atoms with Crippen molar-refractivity contribution in [3.8, 4) is 0 Å². The molecule has 0 aliphatic carbocycles. The molecule has 1 aliphatic rings. The predicted octanol–water partition coefficient (Wildman–Crippen LogP) is 2.04. The summed E-state index contributed by atoms with van der Waals surface area (Å²) in [6, 6.07) is 12.0. The van der Waals surface area contributed by atoms with Gasteiger partial charge in [0.15, 0.2) is 0 Å². The highest BCUT2D eigenvalue weighted by Crippen LogP contribution is 2.23. The number of carbonyl (C=O) groups is 2. The number of carboxylic acid groups (broad SMARTS) is 1. The maximum atomic E-state index is 12.6. The van der Waals surface area contributed by atoms with Gasteiger partial charge in [-0.1, -0.05) is 12.1 Å². The zero-order valence-electron chi connectivity index (χ0n) is 16.1. The Bertz CT molecular complexity index is 1070. The Morgan fingerprint density at radius 2 is 1.93 bits per heavy atom. The number of aryl methyl sites for hydroxylation is 1. The summed E-state index contributed by atoms with van der Waals surface area (Å²) < 4.78 is 7.43. The van der Waals surface area contributed by atoms with Crippen LogP contribution in [-0.2, 0) is 18.3 Å². The van der Waals surface area contributed by atoms with E-state index in [9.17, 15) is 9.59 Å². The van der Waals surface area contributed by atoms with E-state index in [1.807, 2.05) is 17.7 Å². The molecule has 1 fully saturated rings. The number of fused-ring (bicyclic) bond motifs is 1. The number of imidazole rings is 1. The van der Waals surface area contributed by atoms with Crippen LogP contribution < -0.4 is 10.2 Å². The van der Waals surface area contributed by atoms with Gasteiger partial charge in [0.05, 0.1) is 29.8 Å². The number of carbonyl (C=O) groups excluding carboxylic acids is 1. The molecule has 0 radical (unpaired) electrons. The Labute approximate surface area is 167 Å². The molecule has 0 atom stereocenters. The molecule has 8 nitrogen and oxygen atoms in total. The number of nitrogens with zero attached hydrogens (tertiary/aromatic N) is 3. The van der Waals surface area contributed by atoms with Crippen molar-refractivity contribution in [2.75, 3.05) is 31.2 Å². The van der Waals surface area contributed by atoms with E-state index in [4.69, 9.17) is 14.8 Å². The summed E-state index contributed by atoms with van der Waals surface area (Å²) in [5.74, 6) is -0.354. The minimum Gasteiger partial charge on any atom is -0.478 e. The fourth-order valence-corrected chi connectivity index (χ4v) is 3.47. The van der Waals surface area contributed by atoms with Gasteiger partial charge < -0.3 is 24.6 Å². The third kappa shape index (κ3) is 3.93. The molecule has 1 amide bonds. The van der Waals surface area contributed by atoms with Crippen molar-refractivity contribution in [3.63, 3.8) is 0 Å². The van der Waals surface area contributed by atoms with Gasteiger partial charge in [0, 0.05) is 32.2 Å². The first kappa shape index (κ1) is 18.9. The number of hydrogen-bond acceptors (Lipinski definition) is 5. The van der Waals surface area contributed by atoms with Crippen LogP contribution in [0.4, 0.5) is 5.95 Å². The molecule has 0 bridgehead atoms. The fourth-order valence-electron chi connectivity index (χ4n) is 3.47. The van der Waals surface area contributed by atoms with E-state index >= 15 is 0 Å². The third-order valence-corrected chi connectivity index (χ3v) is 5.04. The average molecular weight is 394 g/mol. The zero-order chi connectivity index (χ0) is 20.4. The summed E-state index contributed by atoms with van der Waals surface area (Å²) in [4.78, 5) is 30.6. The normalized spacial score (nSPS) is 14.2. The average Bonchev–Trinajstić information content (AvgIpc) is 3.08. The van der Waals surface area contributed by atoms with Crippen LogP contribution in [0.2, 0.25) is 0 Å². The van der Waals surface area contributed by atoms with Gasteiger partial charge in [0.25, 0.3) is 5.91 Å². The van der Waals surface area contributed by atoms with Gasteiger partial charge in [-0.3, -0.25) is 4.79 Å². The van der Waals surface area contributed by atoms with E-state index in [2.05, 4.69) is 10.2 Å². The summed E-state index contributed by atoms with van der Waals surface area (Å²) in [5.41, 5.74) is 3.15. The van der Waals surface area contributed by atoms with Crippen molar-refractivity contribution in [3.05, 3.63) is 59.2 Å². The number of amides is 1.